The predicted octanol–water partition coefficient (Wildman–Crippen LogP) is 6.89. The van der Waals surface area contributed by atoms with Gasteiger partial charge >= 0.3 is 12.0 Å². The summed E-state index contributed by atoms with van der Waals surface area (Å²) in [7, 11) is 1.50. The van der Waals surface area contributed by atoms with Gasteiger partial charge < -0.3 is 34.9 Å². The Hall–Kier alpha value is -5.06. The molecule has 0 saturated carbocycles. The zero-order chi connectivity index (χ0) is 33.2. The van der Waals surface area contributed by atoms with Gasteiger partial charge in [-0.2, -0.15) is 0 Å². The molecular formula is C36H36ClN3O7. The third-order valence-electron chi connectivity index (χ3n) is 7.86. The van der Waals surface area contributed by atoms with E-state index in [-0.39, 0.29) is 36.6 Å². The van der Waals surface area contributed by atoms with Crippen molar-refractivity contribution >= 4 is 40.9 Å². The summed E-state index contributed by atoms with van der Waals surface area (Å²) in [5.74, 6) is -0.177. The number of aromatic carboxylic acids is 1. The third kappa shape index (κ3) is 9.02. The van der Waals surface area contributed by atoms with Crippen molar-refractivity contribution in [2.45, 2.75) is 38.0 Å². The molecule has 3 N–H and O–H groups in total. The quantitative estimate of drug-likeness (QED) is 0.143. The summed E-state index contributed by atoms with van der Waals surface area (Å²) in [6.45, 7) is 1.06. The monoisotopic (exact) mass is 657 g/mol. The molecule has 1 fully saturated rings. The van der Waals surface area contributed by atoms with Crippen LogP contribution in [-0.2, 0) is 22.6 Å². The van der Waals surface area contributed by atoms with Gasteiger partial charge in [0.15, 0.2) is 0 Å². The Morgan fingerprint density at radius 2 is 1.51 bits per heavy atom. The minimum Gasteiger partial charge on any atom is -0.495 e. The summed E-state index contributed by atoms with van der Waals surface area (Å²) in [4.78, 5) is 39.6. The molecule has 5 rings (SSSR count). The van der Waals surface area contributed by atoms with Crippen molar-refractivity contribution in [2.24, 2.45) is 0 Å². The molecule has 47 heavy (non-hydrogen) atoms. The highest BCUT2D eigenvalue weighted by atomic mass is 35.5. The van der Waals surface area contributed by atoms with Gasteiger partial charge in [-0.3, -0.25) is 4.79 Å². The lowest BCUT2D eigenvalue weighted by Crippen LogP contribution is -2.46. The minimum absolute atomic E-state index is 0.0927. The molecular weight excluding hydrogens is 622 g/mol. The lowest BCUT2D eigenvalue weighted by Gasteiger charge is -2.30. The third-order valence-corrected chi connectivity index (χ3v) is 8.19. The Morgan fingerprint density at radius 3 is 2.21 bits per heavy atom. The largest absolute Gasteiger partial charge is 0.495 e. The van der Waals surface area contributed by atoms with Gasteiger partial charge in [-0.25, -0.2) is 9.59 Å². The zero-order valence-electron chi connectivity index (χ0n) is 25.9. The highest BCUT2D eigenvalue weighted by Crippen LogP contribution is 2.30. The first kappa shape index (κ1) is 33.3. The summed E-state index contributed by atoms with van der Waals surface area (Å²) in [5, 5.41) is 15.1. The van der Waals surface area contributed by atoms with Gasteiger partial charge in [-0.1, -0.05) is 60.1 Å². The molecule has 3 amide bonds. The van der Waals surface area contributed by atoms with Crippen molar-refractivity contribution in [3.63, 3.8) is 0 Å². The van der Waals surface area contributed by atoms with Crippen LogP contribution in [0.3, 0.4) is 0 Å². The number of carbonyl (C=O) groups excluding carboxylic acids is 2. The van der Waals surface area contributed by atoms with E-state index in [9.17, 15) is 19.5 Å². The number of nitrogens with zero attached hydrogens (tertiary/aromatic N) is 1. The first-order valence-corrected chi connectivity index (χ1v) is 15.6. The number of rotatable bonds is 13. The van der Waals surface area contributed by atoms with Gasteiger partial charge in [0.1, 0.15) is 18.1 Å². The number of amides is 3. The number of methoxy groups -OCH3 is 1. The Bertz CT molecular complexity index is 1680. The van der Waals surface area contributed by atoms with E-state index in [0.29, 0.717) is 46.7 Å². The Balaban J connectivity index is 1.26. The van der Waals surface area contributed by atoms with E-state index in [1.165, 1.54) is 19.2 Å². The molecule has 1 saturated heterocycles. The average Bonchev–Trinajstić information content (AvgIpc) is 3.49. The lowest BCUT2D eigenvalue weighted by molar-refractivity contribution is -0.135. The number of benzene rings is 4. The maximum absolute atomic E-state index is 13.9. The summed E-state index contributed by atoms with van der Waals surface area (Å²) in [6, 6.07) is 27.3. The highest BCUT2D eigenvalue weighted by molar-refractivity contribution is 6.33. The first-order valence-electron chi connectivity index (χ1n) is 15.2. The molecule has 0 aliphatic carbocycles. The van der Waals surface area contributed by atoms with Crippen molar-refractivity contribution in [2.75, 3.05) is 31.0 Å². The molecule has 0 bridgehead atoms. The van der Waals surface area contributed by atoms with Crippen molar-refractivity contribution in [1.82, 2.24) is 4.90 Å². The molecule has 1 aliphatic heterocycles. The van der Waals surface area contributed by atoms with Crippen molar-refractivity contribution in [3.8, 4) is 11.5 Å². The van der Waals surface area contributed by atoms with E-state index in [2.05, 4.69) is 10.6 Å². The molecule has 4 aromatic carbocycles. The number of anilines is 2. The number of urea groups is 1. The van der Waals surface area contributed by atoms with Crippen LogP contribution in [0.4, 0.5) is 16.2 Å². The van der Waals surface area contributed by atoms with E-state index in [4.69, 9.17) is 25.8 Å². The second-order valence-corrected chi connectivity index (χ2v) is 11.5. The number of carboxylic acids is 1. The Labute approximate surface area is 278 Å². The molecule has 1 heterocycles. The fourth-order valence-electron chi connectivity index (χ4n) is 5.52. The van der Waals surface area contributed by atoms with Gasteiger partial charge in [0.2, 0.25) is 5.91 Å². The standard InChI is InChI=1S/C36H36ClN3O7/c1-45-33-19-25(11-18-32(33)39-36(44)38-31-10-6-5-9-30(31)37)20-34(41)40-27(22-46-21-24-7-3-2-4-8-24)14-15-28(40)23-47-29-16-12-26(13-17-29)35(42)43/h2-13,16-19,27-28H,14-15,20-23H2,1H3,(H,42,43)(H2,38,39,44)/t27-,28-/m0/s1. The van der Waals surface area contributed by atoms with Gasteiger partial charge in [0.25, 0.3) is 0 Å². The number of carboxylic acid groups (broad SMARTS) is 1. The van der Waals surface area contributed by atoms with Crippen LogP contribution in [0.5, 0.6) is 11.5 Å². The fraction of sp³-hybridized carbons (Fsp3) is 0.250. The van der Waals surface area contributed by atoms with Gasteiger partial charge in [-0.05, 0) is 72.5 Å². The Kier molecular flexibility index (Phi) is 11.3. The van der Waals surface area contributed by atoms with Crippen molar-refractivity contribution < 1.29 is 33.7 Å². The second kappa shape index (κ2) is 16.0. The number of hydrogen-bond donors (Lipinski definition) is 3. The summed E-state index contributed by atoms with van der Waals surface area (Å²) >= 11 is 6.16. The molecule has 0 aromatic heterocycles. The molecule has 4 aromatic rings. The molecule has 244 valence electrons. The number of nitrogens with one attached hydrogen (secondary N) is 2. The zero-order valence-corrected chi connectivity index (χ0v) is 26.6. The van der Waals surface area contributed by atoms with Gasteiger partial charge in [0, 0.05) is 0 Å². The van der Waals surface area contributed by atoms with Crippen LogP contribution < -0.4 is 20.1 Å². The van der Waals surface area contributed by atoms with Crippen molar-refractivity contribution in [1.29, 1.82) is 0 Å². The van der Waals surface area contributed by atoms with Crippen LogP contribution in [-0.4, -0.2) is 60.3 Å². The molecule has 2 atom stereocenters. The normalized spacial score (nSPS) is 15.6. The van der Waals surface area contributed by atoms with E-state index in [1.54, 1.807) is 54.6 Å². The van der Waals surface area contributed by atoms with Crippen LogP contribution in [0.1, 0.15) is 34.3 Å². The number of carbonyl (C=O) groups is 3. The van der Waals surface area contributed by atoms with Crippen LogP contribution in [0.15, 0.2) is 97.1 Å². The second-order valence-electron chi connectivity index (χ2n) is 11.1. The number of hydrogen-bond acceptors (Lipinski definition) is 6. The van der Waals surface area contributed by atoms with Gasteiger partial charge in [0.05, 0.1) is 60.8 Å². The molecule has 0 unspecified atom stereocenters. The number of halogens is 1. The summed E-state index contributed by atoms with van der Waals surface area (Å²) in [6.07, 6.45) is 1.58. The maximum atomic E-state index is 13.9. The van der Waals surface area contributed by atoms with Crippen molar-refractivity contribution in [3.05, 3.63) is 119 Å². The Morgan fingerprint density at radius 1 is 0.830 bits per heavy atom. The SMILES string of the molecule is COc1cc(CC(=O)N2[C@H](COCc3ccccc3)CC[C@H]2COc2ccc(C(=O)O)cc2)ccc1NC(=O)Nc1ccccc1Cl. The van der Waals surface area contributed by atoms with Crippen LogP contribution in [0.2, 0.25) is 5.02 Å². The van der Waals surface area contributed by atoms with E-state index >= 15 is 0 Å². The van der Waals surface area contributed by atoms with Crippen LogP contribution in [0.25, 0.3) is 0 Å². The number of ether oxygens (including phenoxy) is 3. The average molecular weight is 658 g/mol. The lowest BCUT2D eigenvalue weighted by atomic mass is 10.1. The summed E-state index contributed by atoms with van der Waals surface area (Å²) in [5.41, 5.74) is 2.83. The highest BCUT2D eigenvalue weighted by Gasteiger charge is 2.37. The van der Waals surface area contributed by atoms with Crippen LogP contribution in [0, 0.1) is 0 Å². The first-order chi connectivity index (χ1) is 22.8. The van der Waals surface area contributed by atoms with E-state index < -0.39 is 12.0 Å². The molecule has 11 heteroatoms. The topological polar surface area (TPSA) is 126 Å². The molecule has 0 radical (unpaired) electrons. The number of likely N-dealkylation sites (tertiary alicyclic amines) is 1. The number of para-hydroxylation sites is 1. The predicted molar refractivity (Wildman–Crippen MR) is 179 cm³/mol. The molecule has 0 spiro atoms. The maximum Gasteiger partial charge on any atom is 0.335 e. The molecule has 1 aliphatic rings. The fourth-order valence-corrected chi connectivity index (χ4v) is 5.71. The minimum atomic E-state index is -1.01. The molecule has 10 nitrogen and oxygen atoms in total. The van der Waals surface area contributed by atoms with Crippen LogP contribution >= 0.6 is 11.6 Å². The summed E-state index contributed by atoms with van der Waals surface area (Å²) < 4.78 is 17.6. The van der Waals surface area contributed by atoms with E-state index in [1.807, 2.05) is 35.2 Å². The van der Waals surface area contributed by atoms with Gasteiger partial charge in [-0.15, -0.1) is 0 Å². The van der Waals surface area contributed by atoms with E-state index in [0.717, 1.165) is 18.4 Å². The smallest absolute Gasteiger partial charge is 0.335 e.